The molecule has 1 aromatic heterocycles. The quantitative estimate of drug-likeness (QED) is 0.605. The van der Waals surface area contributed by atoms with Gasteiger partial charge in [0.15, 0.2) is 0 Å². The van der Waals surface area contributed by atoms with E-state index < -0.39 is 0 Å². The topological polar surface area (TPSA) is 44.0 Å². The molecule has 0 unspecified atom stereocenters. The summed E-state index contributed by atoms with van der Waals surface area (Å²) in [6.07, 6.45) is 2.37. The van der Waals surface area contributed by atoms with Crippen molar-refractivity contribution in [3.05, 3.63) is 58.9 Å². The monoisotopic (exact) mass is 383 g/mol. The van der Waals surface area contributed by atoms with Crippen molar-refractivity contribution in [2.45, 2.75) is 25.9 Å². The van der Waals surface area contributed by atoms with Crippen molar-refractivity contribution in [1.29, 1.82) is 0 Å². The molecule has 3 aromatic rings. The average Bonchev–Trinajstić information content (AvgIpc) is 3.20. The molecule has 0 saturated carbocycles. The summed E-state index contributed by atoms with van der Waals surface area (Å²) >= 11 is 6.02. The van der Waals surface area contributed by atoms with Crippen molar-refractivity contribution in [3.63, 3.8) is 0 Å². The van der Waals surface area contributed by atoms with Crippen molar-refractivity contribution in [2.24, 2.45) is 4.99 Å². The largest absolute Gasteiger partial charge is 0.494 e. The van der Waals surface area contributed by atoms with E-state index in [1.54, 1.807) is 0 Å². The molecule has 1 aliphatic rings. The van der Waals surface area contributed by atoms with Gasteiger partial charge in [-0.3, -0.25) is 4.99 Å². The molecule has 27 heavy (non-hydrogen) atoms. The van der Waals surface area contributed by atoms with Crippen LogP contribution in [0.3, 0.4) is 0 Å². The highest BCUT2D eigenvalue weighted by molar-refractivity contribution is 6.30. The Morgan fingerprint density at radius 1 is 1.15 bits per heavy atom. The van der Waals surface area contributed by atoms with Crippen LogP contribution in [0.25, 0.3) is 22.3 Å². The molecule has 5 heteroatoms. The van der Waals surface area contributed by atoms with Gasteiger partial charge in [-0.25, -0.2) is 0 Å². The van der Waals surface area contributed by atoms with Crippen LogP contribution < -0.4 is 10.1 Å². The SMILES string of the molecule is CCOc1ccc2oc(-c3ccc(Cl)cc3)cc(=NC[C@@H]3CCCO3)c2c1. The van der Waals surface area contributed by atoms with Gasteiger partial charge < -0.3 is 13.9 Å². The maximum Gasteiger partial charge on any atom is 0.137 e. The molecular weight excluding hydrogens is 362 g/mol. The summed E-state index contributed by atoms with van der Waals surface area (Å²) in [4.78, 5) is 4.85. The zero-order chi connectivity index (χ0) is 18.6. The molecule has 140 valence electrons. The molecule has 1 atom stereocenters. The fourth-order valence-electron chi connectivity index (χ4n) is 3.28. The van der Waals surface area contributed by atoms with Crippen LogP contribution in [0.4, 0.5) is 0 Å². The number of hydrogen-bond donors (Lipinski definition) is 0. The van der Waals surface area contributed by atoms with E-state index in [2.05, 4.69) is 0 Å². The zero-order valence-corrected chi connectivity index (χ0v) is 16.0. The second-order valence-electron chi connectivity index (χ2n) is 6.57. The fraction of sp³-hybridized carbons (Fsp3) is 0.318. The third-order valence-corrected chi connectivity index (χ3v) is 4.90. The van der Waals surface area contributed by atoms with Crippen LogP contribution in [0.5, 0.6) is 5.75 Å². The zero-order valence-electron chi connectivity index (χ0n) is 15.3. The Morgan fingerprint density at radius 2 is 2.00 bits per heavy atom. The molecular formula is C22H22ClNO3. The minimum Gasteiger partial charge on any atom is -0.494 e. The van der Waals surface area contributed by atoms with Gasteiger partial charge >= 0.3 is 0 Å². The predicted octanol–water partition coefficient (Wildman–Crippen LogP) is 5.23. The van der Waals surface area contributed by atoms with Crippen LogP contribution in [0.2, 0.25) is 5.02 Å². The van der Waals surface area contributed by atoms with Crippen molar-refractivity contribution < 1.29 is 13.9 Å². The lowest BCUT2D eigenvalue weighted by atomic mass is 10.1. The summed E-state index contributed by atoms with van der Waals surface area (Å²) < 4.78 is 17.5. The molecule has 2 aromatic carbocycles. The first-order valence-electron chi connectivity index (χ1n) is 9.31. The molecule has 4 rings (SSSR count). The Hall–Kier alpha value is -2.30. The van der Waals surface area contributed by atoms with Gasteiger partial charge in [-0.15, -0.1) is 0 Å². The Labute approximate surface area is 163 Å². The van der Waals surface area contributed by atoms with E-state index in [4.69, 9.17) is 30.5 Å². The van der Waals surface area contributed by atoms with E-state index in [9.17, 15) is 0 Å². The van der Waals surface area contributed by atoms with Crippen molar-refractivity contribution in [3.8, 4) is 17.1 Å². The maximum absolute atomic E-state index is 6.14. The first-order chi connectivity index (χ1) is 13.2. The van der Waals surface area contributed by atoms with Crippen LogP contribution in [0.15, 0.2) is 57.9 Å². The third-order valence-electron chi connectivity index (χ3n) is 4.64. The highest BCUT2D eigenvalue weighted by Gasteiger charge is 2.15. The van der Waals surface area contributed by atoms with Gasteiger partial charge in [0.05, 0.1) is 24.6 Å². The number of benzene rings is 2. The van der Waals surface area contributed by atoms with E-state index in [1.807, 2.05) is 55.5 Å². The Bertz CT molecular complexity index is 989. The summed E-state index contributed by atoms with van der Waals surface area (Å²) in [5, 5.41) is 2.53. The van der Waals surface area contributed by atoms with E-state index in [0.29, 0.717) is 18.2 Å². The van der Waals surface area contributed by atoms with Crippen LogP contribution in [-0.4, -0.2) is 25.9 Å². The minimum absolute atomic E-state index is 0.200. The lowest BCUT2D eigenvalue weighted by molar-refractivity contribution is 0.117. The minimum atomic E-state index is 0.200. The Morgan fingerprint density at radius 3 is 2.74 bits per heavy atom. The lowest BCUT2D eigenvalue weighted by Crippen LogP contribution is -2.13. The lowest BCUT2D eigenvalue weighted by Gasteiger charge is -2.09. The van der Waals surface area contributed by atoms with Gasteiger partial charge in [0.2, 0.25) is 0 Å². The van der Waals surface area contributed by atoms with Crippen molar-refractivity contribution in [1.82, 2.24) is 0 Å². The van der Waals surface area contributed by atoms with Crippen LogP contribution in [0.1, 0.15) is 19.8 Å². The van der Waals surface area contributed by atoms with E-state index >= 15 is 0 Å². The Balaban J connectivity index is 1.82. The molecule has 0 N–H and O–H groups in total. The smallest absolute Gasteiger partial charge is 0.137 e. The molecule has 0 amide bonds. The van der Waals surface area contributed by atoms with E-state index in [-0.39, 0.29) is 6.10 Å². The number of hydrogen-bond acceptors (Lipinski definition) is 4. The van der Waals surface area contributed by atoms with E-state index in [1.165, 1.54) is 0 Å². The van der Waals surface area contributed by atoms with E-state index in [0.717, 1.165) is 52.8 Å². The van der Waals surface area contributed by atoms with Gasteiger partial charge in [0.1, 0.15) is 17.1 Å². The van der Waals surface area contributed by atoms with Gasteiger partial charge in [-0.2, -0.15) is 0 Å². The fourth-order valence-corrected chi connectivity index (χ4v) is 3.41. The summed E-state index contributed by atoms with van der Waals surface area (Å²) in [5.74, 6) is 1.57. The number of ether oxygens (including phenoxy) is 2. The average molecular weight is 384 g/mol. The molecule has 4 nitrogen and oxygen atoms in total. The van der Waals surface area contributed by atoms with Gasteiger partial charge in [-0.05, 0) is 62.2 Å². The van der Waals surface area contributed by atoms with Crippen LogP contribution in [0, 0.1) is 0 Å². The van der Waals surface area contributed by atoms with Gasteiger partial charge in [0.25, 0.3) is 0 Å². The summed E-state index contributed by atoms with van der Waals surface area (Å²) in [5.41, 5.74) is 1.74. The molecule has 1 fully saturated rings. The van der Waals surface area contributed by atoms with Gasteiger partial charge in [-0.1, -0.05) is 11.6 Å². The summed E-state index contributed by atoms with van der Waals surface area (Å²) in [6.45, 7) is 4.07. The third kappa shape index (κ3) is 4.18. The summed E-state index contributed by atoms with van der Waals surface area (Å²) in [6, 6.07) is 15.4. The standard InChI is InChI=1S/C22H22ClNO3/c1-2-25-17-9-10-21-19(12-17)20(24-14-18-4-3-11-26-18)13-22(27-21)15-5-7-16(23)8-6-15/h5-10,12-13,18H,2-4,11,14H2,1H3/t18-/m0/s1. The highest BCUT2D eigenvalue weighted by atomic mass is 35.5. The highest BCUT2D eigenvalue weighted by Crippen LogP contribution is 2.26. The number of nitrogens with zero attached hydrogens (tertiary/aromatic N) is 1. The predicted molar refractivity (Wildman–Crippen MR) is 107 cm³/mol. The first-order valence-corrected chi connectivity index (χ1v) is 9.69. The van der Waals surface area contributed by atoms with Crippen molar-refractivity contribution in [2.75, 3.05) is 19.8 Å². The van der Waals surface area contributed by atoms with Crippen LogP contribution >= 0.6 is 11.6 Å². The molecule has 0 spiro atoms. The molecule has 1 aliphatic heterocycles. The molecule has 0 radical (unpaired) electrons. The first kappa shape index (κ1) is 18.1. The molecule has 0 aliphatic carbocycles. The second-order valence-corrected chi connectivity index (χ2v) is 7.01. The van der Waals surface area contributed by atoms with Gasteiger partial charge in [0, 0.05) is 28.6 Å². The maximum atomic E-state index is 6.14. The summed E-state index contributed by atoms with van der Waals surface area (Å²) in [7, 11) is 0. The van der Waals surface area contributed by atoms with Crippen LogP contribution in [-0.2, 0) is 4.74 Å². The number of fused-ring (bicyclic) bond motifs is 1. The molecule has 2 heterocycles. The molecule has 1 saturated heterocycles. The van der Waals surface area contributed by atoms with Crippen molar-refractivity contribution >= 4 is 22.6 Å². The normalized spacial score (nSPS) is 17.6. The second kappa shape index (κ2) is 8.15. The number of halogens is 1. The molecule has 0 bridgehead atoms. The number of rotatable bonds is 5. The Kier molecular flexibility index (Phi) is 5.46.